The van der Waals surface area contributed by atoms with Crippen LogP contribution in [0.2, 0.25) is 0 Å². The molecule has 0 aliphatic heterocycles. The topological polar surface area (TPSA) is 31.5 Å². The summed E-state index contributed by atoms with van der Waals surface area (Å²) in [5.74, 6) is 0. The van der Waals surface area contributed by atoms with E-state index in [1.54, 1.807) is 0 Å². The van der Waals surface area contributed by atoms with Gasteiger partial charge in [-0.15, -0.1) is 12.4 Å². The van der Waals surface area contributed by atoms with Crippen LogP contribution >= 0.6 is 12.4 Å². The van der Waals surface area contributed by atoms with E-state index in [1.807, 2.05) is 0 Å². The fourth-order valence-corrected chi connectivity index (χ4v) is 0. The summed E-state index contributed by atoms with van der Waals surface area (Å²) in [5, 5.41) is 0. The van der Waals surface area contributed by atoms with Gasteiger partial charge in [-0.3, -0.25) is 0 Å². The summed E-state index contributed by atoms with van der Waals surface area (Å²) in [4.78, 5) is 0. The van der Waals surface area contributed by atoms with E-state index in [0.717, 1.165) is 0 Å². The van der Waals surface area contributed by atoms with Gasteiger partial charge in [0.25, 0.3) is 0 Å². The quantitative estimate of drug-likeness (QED) is 0.332. The maximum absolute atomic E-state index is 0. The minimum atomic E-state index is 0. The Morgan fingerprint density at radius 1 is 1.25 bits per heavy atom. The average Bonchev–Trinajstić information content (AvgIpc) is 0. The summed E-state index contributed by atoms with van der Waals surface area (Å²) in [6.45, 7) is 0. The van der Waals surface area contributed by atoms with Crippen molar-refractivity contribution < 1.29 is 77.8 Å². The van der Waals surface area contributed by atoms with Crippen molar-refractivity contribution >= 4 is 12.4 Å². The van der Waals surface area contributed by atoms with Gasteiger partial charge >= 0.3 is 51.4 Å². The Bertz CT molecular complexity index is 11.6. The van der Waals surface area contributed by atoms with E-state index < -0.39 is 0 Å². The predicted octanol–water partition coefficient (Wildman–Crippen LogP) is -3.29. The maximum atomic E-state index is 0. The van der Waals surface area contributed by atoms with Crippen LogP contribution in [0.3, 0.4) is 0 Å². The van der Waals surface area contributed by atoms with Crippen molar-refractivity contribution in [2.45, 2.75) is 0 Å². The Balaban J connectivity index is 0. The Labute approximate surface area is 88.3 Å². The van der Waals surface area contributed by atoms with Crippen LogP contribution in [-0.4, -0.2) is 5.48 Å². The second-order valence-electron chi connectivity index (χ2n) is 0. The molecule has 20 valence electrons. The molecule has 0 radical (unpaired) electrons. The summed E-state index contributed by atoms with van der Waals surface area (Å²) in [6.07, 6.45) is 0. The second kappa shape index (κ2) is 17.8. The molecule has 4 heavy (non-hydrogen) atoms. The molecule has 0 amide bonds. The Morgan fingerprint density at radius 3 is 1.25 bits per heavy atom. The van der Waals surface area contributed by atoms with Crippen LogP contribution in [0.25, 0.3) is 0 Å². The van der Waals surface area contributed by atoms with Crippen LogP contribution in [0, 0.1) is 0 Å². The molecule has 0 bridgehead atoms. The number of hydrogen-bond donors (Lipinski definition) is 0. The van der Waals surface area contributed by atoms with Crippen molar-refractivity contribution in [1.82, 2.24) is 0 Å². The van der Waals surface area contributed by atoms with Crippen LogP contribution in [0.4, 0.5) is 0 Å². The molecule has 4 heteroatoms. The van der Waals surface area contributed by atoms with E-state index in [-0.39, 0.29) is 90.2 Å². The zero-order valence-corrected chi connectivity index (χ0v) is 9.52. The molecule has 0 saturated carbocycles. The van der Waals surface area contributed by atoms with Gasteiger partial charge in [0.15, 0.2) is 0 Å². The summed E-state index contributed by atoms with van der Waals surface area (Å²) in [5.41, 5.74) is 0. The van der Waals surface area contributed by atoms with E-state index in [0.29, 0.717) is 0 Å². The van der Waals surface area contributed by atoms with E-state index in [1.165, 1.54) is 0 Å². The molecule has 0 aromatic rings. The van der Waals surface area contributed by atoms with E-state index in [2.05, 4.69) is 0 Å². The first-order valence-corrected chi connectivity index (χ1v) is 0. The van der Waals surface area contributed by atoms with Gasteiger partial charge in [0.2, 0.25) is 0 Å². The third kappa shape index (κ3) is 8.82. The fraction of sp³-hybridized carbons (Fsp3) is 0. The summed E-state index contributed by atoms with van der Waals surface area (Å²) < 4.78 is 0. The van der Waals surface area contributed by atoms with Gasteiger partial charge < -0.3 is 6.90 Å². The molecule has 0 heterocycles. The van der Waals surface area contributed by atoms with Crippen molar-refractivity contribution in [1.29, 1.82) is 0 Å². The summed E-state index contributed by atoms with van der Waals surface area (Å²) in [6, 6.07) is 0. The average molecular weight is 160 g/mol. The summed E-state index contributed by atoms with van der Waals surface area (Å²) >= 11 is 0. The summed E-state index contributed by atoms with van der Waals surface area (Å²) in [7, 11) is 0. The molecule has 0 spiro atoms. The first kappa shape index (κ1) is 31.4. The fourth-order valence-electron chi connectivity index (χ4n) is 0. The molecule has 0 aliphatic carbocycles. The number of rotatable bonds is 0. The van der Waals surface area contributed by atoms with Gasteiger partial charge in [-0.2, -0.15) is 0 Å². The van der Waals surface area contributed by atoms with E-state index in [4.69, 9.17) is 0 Å². The zero-order chi connectivity index (χ0) is 0. The van der Waals surface area contributed by atoms with Crippen LogP contribution < -0.4 is 51.4 Å². The molecule has 0 atom stereocenters. The third-order valence-electron chi connectivity index (χ3n) is 0. The normalized spacial score (nSPS) is 0. The standard InChI is InChI=1S/ClH.K.H2O.Zn.H/h1H;;1H2;;/q;+1;;;-1. The molecular formula is H4ClKOZn. The van der Waals surface area contributed by atoms with Gasteiger partial charge in [0.05, 0.1) is 0 Å². The van der Waals surface area contributed by atoms with Crippen LogP contribution in [0.15, 0.2) is 0 Å². The molecule has 0 fully saturated rings. The van der Waals surface area contributed by atoms with Gasteiger partial charge in [0.1, 0.15) is 0 Å². The van der Waals surface area contributed by atoms with Crippen molar-refractivity contribution in [2.75, 3.05) is 0 Å². The van der Waals surface area contributed by atoms with Crippen LogP contribution in [-0.2, 0) is 19.5 Å². The maximum Gasteiger partial charge on any atom is 1.00 e. The molecular weight excluding hydrogens is 156 g/mol. The number of halogens is 1. The Kier molecular flexibility index (Phi) is 140. The van der Waals surface area contributed by atoms with Crippen molar-refractivity contribution in [2.24, 2.45) is 0 Å². The predicted molar refractivity (Wildman–Crippen MR) is 12.0 cm³/mol. The molecule has 0 aromatic heterocycles. The van der Waals surface area contributed by atoms with Gasteiger partial charge in [-0.1, -0.05) is 0 Å². The van der Waals surface area contributed by atoms with E-state index >= 15 is 0 Å². The largest absolute Gasteiger partial charge is 1.00 e. The van der Waals surface area contributed by atoms with Gasteiger partial charge in [0, 0.05) is 19.5 Å². The van der Waals surface area contributed by atoms with Gasteiger partial charge in [-0.25, -0.2) is 0 Å². The molecule has 0 unspecified atom stereocenters. The minimum Gasteiger partial charge on any atom is -1.00 e. The first-order valence-electron chi connectivity index (χ1n) is 0. The first-order chi connectivity index (χ1) is 0. The van der Waals surface area contributed by atoms with Crippen molar-refractivity contribution in [3.63, 3.8) is 0 Å². The van der Waals surface area contributed by atoms with Gasteiger partial charge in [-0.05, 0) is 0 Å². The Hall–Kier alpha value is 2.51. The smallest absolute Gasteiger partial charge is 1.00 e. The SMILES string of the molecule is Cl.O.[H-].[K+].[Zn]. The monoisotopic (exact) mass is 158 g/mol. The molecule has 0 aliphatic rings. The Morgan fingerprint density at radius 2 is 1.25 bits per heavy atom. The molecule has 1 nitrogen and oxygen atoms in total. The molecule has 0 saturated heterocycles. The minimum absolute atomic E-state index is 0. The van der Waals surface area contributed by atoms with Crippen LogP contribution in [0.5, 0.6) is 0 Å². The van der Waals surface area contributed by atoms with E-state index in [9.17, 15) is 0 Å². The molecule has 0 aromatic carbocycles. The third-order valence-corrected chi connectivity index (χ3v) is 0. The second-order valence-corrected chi connectivity index (χ2v) is 0. The van der Waals surface area contributed by atoms with Crippen molar-refractivity contribution in [3.8, 4) is 0 Å². The van der Waals surface area contributed by atoms with Crippen LogP contribution in [0.1, 0.15) is 1.43 Å². The zero-order valence-electron chi connectivity index (χ0n) is 3.62. The van der Waals surface area contributed by atoms with Crippen molar-refractivity contribution in [3.05, 3.63) is 0 Å². The molecule has 2 N–H and O–H groups in total. The number of hydrogen-bond acceptors (Lipinski definition) is 0. The molecule has 0 rings (SSSR count).